The predicted molar refractivity (Wildman–Crippen MR) is 105 cm³/mol. The van der Waals surface area contributed by atoms with E-state index in [4.69, 9.17) is 16.3 Å². The summed E-state index contributed by atoms with van der Waals surface area (Å²) in [5.74, 6) is 1.05. The van der Waals surface area contributed by atoms with E-state index in [0.717, 1.165) is 29.2 Å². The molecule has 1 saturated heterocycles. The Morgan fingerprint density at radius 2 is 1.93 bits per heavy atom. The molecular weight excluding hydrogens is 362 g/mol. The van der Waals surface area contributed by atoms with E-state index >= 15 is 0 Å². The average molecular weight is 386 g/mol. The third-order valence-electron chi connectivity index (χ3n) is 5.38. The first-order valence-electron chi connectivity index (χ1n) is 9.41. The lowest BCUT2D eigenvalue weighted by Crippen LogP contribution is -2.53. The van der Waals surface area contributed by atoms with Crippen molar-refractivity contribution in [3.8, 4) is 5.75 Å². The van der Waals surface area contributed by atoms with Crippen molar-refractivity contribution in [1.82, 2.24) is 4.90 Å². The van der Waals surface area contributed by atoms with Gasteiger partial charge in [-0.2, -0.15) is 0 Å². The topological polar surface area (TPSA) is 49.8 Å². The lowest BCUT2D eigenvalue weighted by Gasteiger charge is -2.35. The van der Waals surface area contributed by atoms with Gasteiger partial charge >= 0.3 is 0 Å². The number of hydrogen-bond donors (Lipinski definition) is 1. The summed E-state index contributed by atoms with van der Waals surface area (Å²) in [6.07, 6.45) is 2.53. The zero-order valence-corrected chi connectivity index (χ0v) is 16.2. The van der Waals surface area contributed by atoms with Crippen LogP contribution in [-0.2, 0) is 24.1 Å². The van der Waals surface area contributed by atoms with Crippen LogP contribution in [0.4, 0.5) is 0 Å². The number of hydrogen-bond acceptors (Lipinski definition) is 3. The Hall–Kier alpha value is -2.04. The molecule has 0 radical (unpaired) electrons. The normalized spacial score (nSPS) is 21.5. The molecule has 2 heterocycles. The molecule has 2 aliphatic heterocycles. The molecule has 2 aromatic carbocycles. The van der Waals surface area contributed by atoms with Crippen molar-refractivity contribution in [2.24, 2.45) is 0 Å². The molecule has 0 aromatic heterocycles. The maximum Gasteiger partial charge on any atom is 0.223 e. The van der Waals surface area contributed by atoms with Gasteiger partial charge in [-0.3, -0.25) is 4.79 Å². The number of nitrogens with zero attached hydrogens (tertiary/aromatic N) is 1. The summed E-state index contributed by atoms with van der Waals surface area (Å²) in [6.45, 7) is 3.08. The van der Waals surface area contributed by atoms with Crippen molar-refractivity contribution in [2.45, 2.75) is 44.3 Å². The lowest BCUT2D eigenvalue weighted by molar-refractivity contribution is -0.141. The lowest BCUT2D eigenvalue weighted by atomic mass is 9.91. The van der Waals surface area contributed by atoms with Gasteiger partial charge in [-0.05, 0) is 48.2 Å². The van der Waals surface area contributed by atoms with Gasteiger partial charge in [0.15, 0.2) is 0 Å². The number of likely N-dealkylation sites (tertiary alicyclic amines) is 1. The van der Waals surface area contributed by atoms with Gasteiger partial charge in [0.2, 0.25) is 5.91 Å². The van der Waals surface area contributed by atoms with Crippen LogP contribution in [0.3, 0.4) is 0 Å². The molecular formula is C22H24ClNO3. The first-order valence-corrected chi connectivity index (χ1v) is 9.79. The van der Waals surface area contributed by atoms with Crippen LogP contribution in [0.1, 0.15) is 30.0 Å². The van der Waals surface area contributed by atoms with Gasteiger partial charge in [-0.25, -0.2) is 0 Å². The Morgan fingerprint density at radius 3 is 2.63 bits per heavy atom. The SMILES string of the molecule is CC1(Cc2ccc(Cl)cc2)Cc2cc(CCC(=O)N3CC(O)C3)ccc2O1. The Balaban J connectivity index is 1.37. The highest BCUT2D eigenvalue weighted by molar-refractivity contribution is 6.30. The number of carbonyl (C=O) groups is 1. The summed E-state index contributed by atoms with van der Waals surface area (Å²) in [4.78, 5) is 13.8. The van der Waals surface area contributed by atoms with E-state index in [9.17, 15) is 9.90 Å². The standard InChI is InChI=1S/C22H24ClNO3/c1-22(11-16-2-6-18(23)7-3-16)12-17-10-15(4-8-20(17)27-22)5-9-21(26)24-13-19(25)14-24/h2-4,6-8,10,19,25H,5,9,11-14H2,1H3. The van der Waals surface area contributed by atoms with Gasteiger partial charge in [0.05, 0.1) is 6.10 Å². The average Bonchev–Trinajstić information content (AvgIpc) is 2.94. The molecule has 4 rings (SSSR count). The largest absolute Gasteiger partial charge is 0.487 e. The highest BCUT2D eigenvalue weighted by Gasteiger charge is 2.35. The number of fused-ring (bicyclic) bond motifs is 1. The van der Waals surface area contributed by atoms with Gasteiger partial charge in [0.25, 0.3) is 0 Å². The van der Waals surface area contributed by atoms with E-state index in [1.54, 1.807) is 4.90 Å². The molecule has 0 spiro atoms. The second-order valence-electron chi connectivity index (χ2n) is 7.93. The first-order chi connectivity index (χ1) is 12.9. The van der Waals surface area contributed by atoms with Crippen molar-refractivity contribution in [1.29, 1.82) is 0 Å². The first kappa shape index (κ1) is 18.3. The van der Waals surface area contributed by atoms with Crippen LogP contribution in [0.2, 0.25) is 5.02 Å². The van der Waals surface area contributed by atoms with Crippen LogP contribution in [0, 0.1) is 0 Å². The summed E-state index contributed by atoms with van der Waals surface area (Å²) in [5.41, 5.74) is 3.30. The predicted octanol–water partition coefficient (Wildman–Crippen LogP) is 3.41. The molecule has 142 valence electrons. The number of halogens is 1. The second kappa shape index (κ2) is 7.17. The zero-order valence-electron chi connectivity index (χ0n) is 15.5. The third-order valence-corrected chi connectivity index (χ3v) is 5.63. The number of ether oxygens (including phenoxy) is 1. The number of amides is 1. The number of β-amino-alcohol motifs (C(OH)–C–C–N with tert-alkyl or cyclic N) is 1. The molecule has 2 aliphatic rings. The fourth-order valence-corrected chi connectivity index (χ4v) is 4.06. The smallest absolute Gasteiger partial charge is 0.223 e. The van der Waals surface area contributed by atoms with Gasteiger partial charge in [0, 0.05) is 37.4 Å². The molecule has 2 aromatic rings. The molecule has 4 nitrogen and oxygen atoms in total. The Kier molecular flexibility index (Phi) is 4.87. The van der Waals surface area contributed by atoms with Gasteiger partial charge in [-0.1, -0.05) is 35.9 Å². The Bertz CT molecular complexity index is 845. The van der Waals surface area contributed by atoms with Gasteiger partial charge in [-0.15, -0.1) is 0 Å². The highest BCUT2D eigenvalue weighted by Crippen LogP contribution is 2.37. The van der Waals surface area contributed by atoms with E-state index in [0.29, 0.717) is 25.9 Å². The van der Waals surface area contributed by atoms with Crippen molar-refractivity contribution in [3.05, 3.63) is 64.2 Å². The fourth-order valence-electron chi connectivity index (χ4n) is 3.93. The number of benzene rings is 2. The van der Waals surface area contributed by atoms with E-state index in [2.05, 4.69) is 13.0 Å². The summed E-state index contributed by atoms with van der Waals surface area (Å²) < 4.78 is 6.25. The molecule has 1 atom stereocenters. The van der Waals surface area contributed by atoms with Crippen LogP contribution >= 0.6 is 11.6 Å². The molecule has 0 saturated carbocycles. The zero-order chi connectivity index (χ0) is 19.0. The molecule has 27 heavy (non-hydrogen) atoms. The third kappa shape index (κ3) is 4.12. The van der Waals surface area contributed by atoms with E-state index in [-0.39, 0.29) is 17.6 Å². The minimum Gasteiger partial charge on any atom is -0.487 e. The van der Waals surface area contributed by atoms with Crippen LogP contribution in [-0.4, -0.2) is 40.7 Å². The Labute approximate surface area is 164 Å². The maximum absolute atomic E-state index is 12.1. The minimum absolute atomic E-state index is 0.115. The van der Waals surface area contributed by atoms with E-state index in [1.807, 2.05) is 36.4 Å². The van der Waals surface area contributed by atoms with Crippen molar-refractivity contribution in [2.75, 3.05) is 13.1 Å². The summed E-state index contributed by atoms with van der Waals surface area (Å²) in [7, 11) is 0. The van der Waals surface area contributed by atoms with Crippen LogP contribution in [0.15, 0.2) is 42.5 Å². The van der Waals surface area contributed by atoms with E-state index < -0.39 is 0 Å². The molecule has 5 heteroatoms. The van der Waals surface area contributed by atoms with Gasteiger partial charge in [0.1, 0.15) is 11.4 Å². The molecule has 0 bridgehead atoms. The van der Waals surface area contributed by atoms with Crippen LogP contribution in [0.5, 0.6) is 5.75 Å². The molecule has 1 unspecified atom stereocenters. The number of carbonyl (C=O) groups excluding carboxylic acids is 1. The monoisotopic (exact) mass is 385 g/mol. The fraction of sp³-hybridized carbons (Fsp3) is 0.409. The minimum atomic E-state index is -0.343. The number of aliphatic hydroxyl groups is 1. The quantitative estimate of drug-likeness (QED) is 0.858. The van der Waals surface area contributed by atoms with Crippen molar-refractivity contribution >= 4 is 17.5 Å². The number of aliphatic hydroxyl groups excluding tert-OH is 1. The van der Waals surface area contributed by atoms with E-state index in [1.165, 1.54) is 11.1 Å². The molecule has 1 fully saturated rings. The number of rotatable bonds is 5. The highest BCUT2D eigenvalue weighted by atomic mass is 35.5. The summed E-state index contributed by atoms with van der Waals surface area (Å²) in [5, 5.41) is 10.1. The number of aryl methyl sites for hydroxylation is 1. The summed E-state index contributed by atoms with van der Waals surface area (Å²) in [6, 6.07) is 14.2. The molecule has 0 aliphatic carbocycles. The van der Waals surface area contributed by atoms with Crippen LogP contribution < -0.4 is 4.74 Å². The van der Waals surface area contributed by atoms with Crippen molar-refractivity contribution < 1.29 is 14.6 Å². The molecule has 1 amide bonds. The second-order valence-corrected chi connectivity index (χ2v) is 8.36. The summed E-state index contributed by atoms with van der Waals surface area (Å²) >= 11 is 5.97. The van der Waals surface area contributed by atoms with Crippen LogP contribution in [0.25, 0.3) is 0 Å². The van der Waals surface area contributed by atoms with Crippen molar-refractivity contribution in [3.63, 3.8) is 0 Å². The molecule has 1 N–H and O–H groups in total. The Morgan fingerprint density at radius 1 is 1.22 bits per heavy atom. The van der Waals surface area contributed by atoms with Gasteiger partial charge < -0.3 is 14.7 Å². The maximum atomic E-state index is 12.1.